The fraction of sp³-hybridized carbons (Fsp3) is 0.0870. The summed E-state index contributed by atoms with van der Waals surface area (Å²) < 4.78 is 1.73. The third-order valence-corrected chi connectivity index (χ3v) is 4.85. The second kappa shape index (κ2) is 8.68. The highest BCUT2D eigenvalue weighted by Gasteiger charge is 2.17. The van der Waals surface area contributed by atoms with Crippen molar-refractivity contribution >= 4 is 28.8 Å². The first kappa shape index (κ1) is 20.7. The van der Waals surface area contributed by atoms with Gasteiger partial charge in [-0.2, -0.15) is 0 Å². The van der Waals surface area contributed by atoms with Crippen molar-refractivity contribution in [3.8, 4) is 11.4 Å². The van der Waals surface area contributed by atoms with Gasteiger partial charge in [0, 0.05) is 23.5 Å². The molecule has 4 aromatic rings. The number of pyridine rings is 1. The summed E-state index contributed by atoms with van der Waals surface area (Å²) in [5, 5.41) is 9.14. The number of aryl methyl sites for hydroxylation is 1. The molecule has 0 unspecified atom stereocenters. The van der Waals surface area contributed by atoms with E-state index in [1.165, 1.54) is 36.7 Å². The summed E-state index contributed by atoms with van der Waals surface area (Å²) in [5.74, 6) is -1.42. The van der Waals surface area contributed by atoms with E-state index in [0.717, 1.165) is 11.1 Å². The summed E-state index contributed by atoms with van der Waals surface area (Å²) in [7, 11) is 0. The first-order valence-corrected chi connectivity index (χ1v) is 9.72. The Bertz CT molecular complexity index is 1310. The van der Waals surface area contributed by atoms with E-state index in [-0.39, 0.29) is 12.1 Å². The highest BCUT2D eigenvalue weighted by atomic mass is 16.4. The van der Waals surface area contributed by atoms with Crippen LogP contribution in [-0.4, -0.2) is 37.4 Å². The molecule has 2 aromatic heterocycles. The third kappa shape index (κ3) is 4.31. The van der Waals surface area contributed by atoms with Crippen LogP contribution in [0.5, 0.6) is 0 Å². The van der Waals surface area contributed by atoms with Gasteiger partial charge < -0.3 is 9.67 Å². The molecule has 0 radical (unpaired) electrons. The fourth-order valence-electron chi connectivity index (χ4n) is 3.26. The SMILES string of the molecule is Cc1ccc2nc(-c3ccc(C(=O)O)cc3)n(CC(=O)NNC(=O)c3ccncc3)c2c1. The number of aromatic nitrogens is 3. The highest BCUT2D eigenvalue weighted by Crippen LogP contribution is 2.26. The average molecular weight is 429 g/mol. The third-order valence-electron chi connectivity index (χ3n) is 4.85. The number of amides is 2. The lowest BCUT2D eigenvalue weighted by atomic mass is 10.1. The van der Waals surface area contributed by atoms with Gasteiger partial charge in [0.1, 0.15) is 12.4 Å². The standard InChI is InChI=1S/C23H19N5O4/c1-14-2-7-18-19(12-14)28(21(25-18)15-3-5-17(6-4-15)23(31)32)13-20(29)26-27-22(30)16-8-10-24-11-9-16/h2-12H,13H2,1H3,(H,26,29)(H,27,30)(H,31,32). The Morgan fingerprint density at radius 1 is 0.938 bits per heavy atom. The van der Waals surface area contributed by atoms with Crippen molar-refractivity contribution in [2.45, 2.75) is 13.5 Å². The van der Waals surface area contributed by atoms with E-state index in [1.807, 2.05) is 25.1 Å². The predicted octanol–water partition coefficient (Wildman–Crippen LogP) is 2.57. The minimum atomic E-state index is -1.02. The van der Waals surface area contributed by atoms with Crippen LogP contribution in [0.25, 0.3) is 22.4 Å². The van der Waals surface area contributed by atoms with Crippen LogP contribution in [0, 0.1) is 6.92 Å². The molecule has 2 aromatic carbocycles. The number of hydrazine groups is 1. The molecule has 2 heterocycles. The van der Waals surface area contributed by atoms with Crippen LogP contribution in [0.2, 0.25) is 0 Å². The van der Waals surface area contributed by atoms with Gasteiger partial charge in [-0.05, 0) is 48.9 Å². The van der Waals surface area contributed by atoms with Crippen LogP contribution in [0.15, 0.2) is 67.0 Å². The molecule has 160 valence electrons. The van der Waals surface area contributed by atoms with E-state index in [9.17, 15) is 14.4 Å². The van der Waals surface area contributed by atoms with Crippen LogP contribution in [-0.2, 0) is 11.3 Å². The maximum absolute atomic E-state index is 12.6. The number of carbonyl (C=O) groups is 3. The Kier molecular flexibility index (Phi) is 5.63. The fourth-order valence-corrected chi connectivity index (χ4v) is 3.26. The summed E-state index contributed by atoms with van der Waals surface area (Å²) in [6.07, 6.45) is 2.97. The molecule has 0 aliphatic heterocycles. The Morgan fingerprint density at radius 3 is 2.34 bits per heavy atom. The molecule has 3 N–H and O–H groups in total. The number of carbonyl (C=O) groups excluding carboxylic acids is 2. The molecule has 9 heteroatoms. The number of carboxylic acid groups (broad SMARTS) is 1. The van der Waals surface area contributed by atoms with E-state index < -0.39 is 17.8 Å². The topological polar surface area (TPSA) is 126 Å². The van der Waals surface area contributed by atoms with Gasteiger partial charge in [-0.25, -0.2) is 9.78 Å². The quantitative estimate of drug-likeness (QED) is 0.419. The number of rotatable bonds is 5. The van der Waals surface area contributed by atoms with Crippen molar-refractivity contribution in [2.24, 2.45) is 0 Å². The molecule has 32 heavy (non-hydrogen) atoms. The van der Waals surface area contributed by atoms with Crippen LogP contribution < -0.4 is 10.9 Å². The van der Waals surface area contributed by atoms with Gasteiger partial charge >= 0.3 is 5.97 Å². The summed E-state index contributed by atoms with van der Waals surface area (Å²) >= 11 is 0. The van der Waals surface area contributed by atoms with E-state index in [1.54, 1.807) is 16.7 Å². The zero-order valence-corrected chi connectivity index (χ0v) is 17.1. The molecular weight excluding hydrogens is 410 g/mol. The number of benzene rings is 2. The lowest BCUT2D eigenvalue weighted by Gasteiger charge is -2.11. The van der Waals surface area contributed by atoms with Crippen molar-refractivity contribution in [1.29, 1.82) is 0 Å². The number of nitrogens with one attached hydrogen (secondary N) is 2. The summed E-state index contributed by atoms with van der Waals surface area (Å²) in [5.41, 5.74) is 8.43. The molecule has 4 rings (SSSR count). The van der Waals surface area contributed by atoms with Crippen molar-refractivity contribution in [3.63, 3.8) is 0 Å². The molecule has 0 saturated heterocycles. The number of aromatic carboxylic acids is 1. The van der Waals surface area contributed by atoms with Crippen LogP contribution >= 0.6 is 0 Å². The van der Waals surface area contributed by atoms with Gasteiger partial charge in [0.15, 0.2) is 0 Å². The molecule has 0 fully saturated rings. The largest absolute Gasteiger partial charge is 0.478 e. The molecular formula is C23H19N5O4. The molecule has 0 spiro atoms. The van der Waals surface area contributed by atoms with Gasteiger partial charge in [-0.15, -0.1) is 0 Å². The van der Waals surface area contributed by atoms with E-state index in [2.05, 4.69) is 20.8 Å². The number of fused-ring (bicyclic) bond motifs is 1. The maximum atomic E-state index is 12.6. The Hall–Kier alpha value is -4.53. The van der Waals surface area contributed by atoms with Crippen LogP contribution in [0.3, 0.4) is 0 Å². The van der Waals surface area contributed by atoms with Gasteiger partial charge in [-0.3, -0.25) is 25.4 Å². The maximum Gasteiger partial charge on any atom is 0.335 e. The minimum absolute atomic E-state index is 0.105. The number of imidazole rings is 1. The molecule has 0 atom stereocenters. The molecule has 0 bridgehead atoms. The van der Waals surface area contributed by atoms with Crippen LogP contribution in [0.1, 0.15) is 26.3 Å². The lowest BCUT2D eigenvalue weighted by molar-refractivity contribution is -0.122. The first-order valence-electron chi connectivity index (χ1n) is 9.72. The molecule has 0 aliphatic rings. The van der Waals surface area contributed by atoms with Crippen molar-refractivity contribution in [3.05, 3.63) is 83.7 Å². The Morgan fingerprint density at radius 2 is 1.66 bits per heavy atom. The second-order valence-corrected chi connectivity index (χ2v) is 7.13. The highest BCUT2D eigenvalue weighted by molar-refractivity contribution is 5.95. The van der Waals surface area contributed by atoms with Crippen LogP contribution in [0.4, 0.5) is 0 Å². The summed E-state index contributed by atoms with van der Waals surface area (Å²) in [6.45, 7) is 1.83. The van der Waals surface area contributed by atoms with Gasteiger partial charge in [0.05, 0.1) is 16.6 Å². The zero-order chi connectivity index (χ0) is 22.7. The lowest BCUT2D eigenvalue weighted by Crippen LogP contribution is -2.43. The predicted molar refractivity (Wildman–Crippen MR) is 117 cm³/mol. The second-order valence-electron chi connectivity index (χ2n) is 7.13. The average Bonchev–Trinajstić information content (AvgIpc) is 3.15. The normalized spacial score (nSPS) is 10.7. The first-order chi connectivity index (χ1) is 15.4. The minimum Gasteiger partial charge on any atom is -0.478 e. The number of carboxylic acids is 1. The molecule has 0 aliphatic carbocycles. The summed E-state index contributed by atoms with van der Waals surface area (Å²) in [4.78, 5) is 44.4. The zero-order valence-electron chi connectivity index (χ0n) is 17.1. The molecule has 9 nitrogen and oxygen atoms in total. The van der Waals surface area contributed by atoms with Crippen molar-refractivity contribution < 1.29 is 19.5 Å². The number of hydrogen-bond donors (Lipinski definition) is 3. The van der Waals surface area contributed by atoms with Crippen molar-refractivity contribution in [1.82, 2.24) is 25.4 Å². The van der Waals surface area contributed by atoms with Gasteiger partial charge in [-0.1, -0.05) is 18.2 Å². The molecule has 0 saturated carbocycles. The molecule has 2 amide bonds. The smallest absolute Gasteiger partial charge is 0.335 e. The van der Waals surface area contributed by atoms with Gasteiger partial charge in [0.25, 0.3) is 11.8 Å². The summed E-state index contributed by atoms with van der Waals surface area (Å²) in [6, 6.07) is 15.0. The Labute approximate surface area is 182 Å². The van der Waals surface area contributed by atoms with E-state index in [4.69, 9.17) is 5.11 Å². The Balaban J connectivity index is 1.61. The van der Waals surface area contributed by atoms with Crippen molar-refractivity contribution in [2.75, 3.05) is 0 Å². The number of hydrogen-bond acceptors (Lipinski definition) is 5. The van der Waals surface area contributed by atoms with E-state index >= 15 is 0 Å². The van der Waals surface area contributed by atoms with Gasteiger partial charge in [0.2, 0.25) is 0 Å². The monoisotopic (exact) mass is 429 g/mol. The number of nitrogens with zero attached hydrogens (tertiary/aromatic N) is 3. The van der Waals surface area contributed by atoms with E-state index in [0.29, 0.717) is 22.5 Å².